The zero-order chi connectivity index (χ0) is 26.4. The second-order valence-corrected chi connectivity index (χ2v) is 9.34. The van der Waals surface area contributed by atoms with E-state index in [1.54, 1.807) is 30.9 Å². The second-order valence-electron chi connectivity index (χ2n) is 9.34. The van der Waals surface area contributed by atoms with E-state index >= 15 is 0 Å². The van der Waals surface area contributed by atoms with E-state index in [1.807, 2.05) is 49.5 Å². The number of hydrogen-bond donors (Lipinski definition) is 0. The first-order valence-electron chi connectivity index (χ1n) is 12.8. The summed E-state index contributed by atoms with van der Waals surface area (Å²) in [6.07, 6.45) is 4.25. The molecular formula is C29H37N3O5. The predicted molar refractivity (Wildman–Crippen MR) is 142 cm³/mol. The maximum atomic E-state index is 14.0. The number of aromatic nitrogens is 2. The van der Waals surface area contributed by atoms with Crippen LogP contribution in [0.2, 0.25) is 0 Å². The second kappa shape index (κ2) is 12.0. The number of methoxy groups -OCH3 is 3. The van der Waals surface area contributed by atoms with Crippen LogP contribution in [0.25, 0.3) is 0 Å². The smallest absolute Gasteiger partial charge is 0.272 e. The molecule has 0 bridgehead atoms. The van der Waals surface area contributed by atoms with Gasteiger partial charge in [0.1, 0.15) is 17.2 Å². The molecule has 1 aliphatic carbocycles. The molecular weight excluding hydrogens is 470 g/mol. The van der Waals surface area contributed by atoms with E-state index in [9.17, 15) is 4.79 Å². The molecule has 3 aromatic rings. The number of amides is 1. The lowest BCUT2D eigenvalue weighted by atomic mass is 10.1. The van der Waals surface area contributed by atoms with Gasteiger partial charge in [0.2, 0.25) is 0 Å². The number of aryl methyl sites for hydroxylation is 1. The van der Waals surface area contributed by atoms with Crippen LogP contribution in [0, 0.1) is 0 Å². The van der Waals surface area contributed by atoms with Gasteiger partial charge in [0.15, 0.2) is 11.5 Å². The number of carbonyl (C=O) groups excluding carboxylic acids is 1. The average molecular weight is 508 g/mol. The lowest BCUT2D eigenvalue weighted by Gasteiger charge is -2.25. The summed E-state index contributed by atoms with van der Waals surface area (Å²) >= 11 is 0. The van der Waals surface area contributed by atoms with Gasteiger partial charge in [-0.25, -0.2) is 0 Å². The fourth-order valence-corrected chi connectivity index (χ4v) is 4.38. The molecule has 0 atom stereocenters. The molecule has 1 saturated carbocycles. The van der Waals surface area contributed by atoms with Crippen molar-refractivity contribution >= 4 is 5.91 Å². The van der Waals surface area contributed by atoms with Gasteiger partial charge in [-0.1, -0.05) is 25.5 Å². The maximum Gasteiger partial charge on any atom is 0.272 e. The number of rotatable bonds is 13. The van der Waals surface area contributed by atoms with Crippen molar-refractivity contribution in [1.29, 1.82) is 0 Å². The summed E-state index contributed by atoms with van der Waals surface area (Å²) in [5, 5.41) is 4.62. The molecule has 0 radical (unpaired) electrons. The Morgan fingerprint density at radius 2 is 1.78 bits per heavy atom. The van der Waals surface area contributed by atoms with Gasteiger partial charge in [-0.2, -0.15) is 5.10 Å². The van der Waals surface area contributed by atoms with Crippen molar-refractivity contribution in [3.05, 3.63) is 65.0 Å². The van der Waals surface area contributed by atoms with Crippen LogP contribution in [0.5, 0.6) is 23.0 Å². The van der Waals surface area contributed by atoms with Gasteiger partial charge >= 0.3 is 0 Å². The first-order valence-corrected chi connectivity index (χ1v) is 12.8. The molecule has 1 heterocycles. The van der Waals surface area contributed by atoms with E-state index in [0.29, 0.717) is 54.3 Å². The van der Waals surface area contributed by atoms with Crippen LogP contribution < -0.4 is 18.9 Å². The third kappa shape index (κ3) is 6.18. The first-order chi connectivity index (χ1) is 18.0. The third-order valence-corrected chi connectivity index (χ3v) is 6.64. The minimum absolute atomic E-state index is 0.112. The van der Waals surface area contributed by atoms with Gasteiger partial charge < -0.3 is 23.8 Å². The third-order valence-electron chi connectivity index (χ3n) is 6.64. The van der Waals surface area contributed by atoms with E-state index in [4.69, 9.17) is 18.9 Å². The molecule has 0 saturated heterocycles. The van der Waals surface area contributed by atoms with Crippen molar-refractivity contribution in [3.8, 4) is 23.0 Å². The zero-order valence-corrected chi connectivity index (χ0v) is 22.5. The molecule has 37 heavy (non-hydrogen) atoms. The molecule has 0 aliphatic heterocycles. The summed E-state index contributed by atoms with van der Waals surface area (Å²) < 4.78 is 24.4. The Bertz CT molecular complexity index is 1220. The standard InChI is InChI=1S/C29H37N3O5/c1-6-7-15-37-26-10-8-9-22(28(26)36-5)19-32(18-21-13-14-23(34-3)16-27(21)35-4)29(33)25-17-24(20-11-12-20)30-31(25)2/h8-10,13-14,16-17,20H,6-7,11-12,15,18-19H2,1-5H3. The average Bonchev–Trinajstić information content (AvgIpc) is 3.69. The molecule has 198 valence electrons. The van der Waals surface area contributed by atoms with E-state index in [-0.39, 0.29) is 5.91 Å². The Kier molecular flexibility index (Phi) is 8.58. The molecule has 0 N–H and O–H groups in total. The minimum Gasteiger partial charge on any atom is -0.497 e. The van der Waals surface area contributed by atoms with Crippen molar-refractivity contribution in [3.63, 3.8) is 0 Å². The quantitative estimate of drug-likeness (QED) is 0.291. The normalized spacial score (nSPS) is 12.8. The number of ether oxygens (including phenoxy) is 4. The number of benzene rings is 2. The highest BCUT2D eigenvalue weighted by atomic mass is 16.5. The van der Waals surface area contributed by atoms with Crippen molar-refractivity contribution in [1.82, 2.24) is 14.7 Å². The van der Waals surface area contributed by atoms with E-state index < -0.39 is 0 Å². The minimum atomic E-state index is -0.112. The Morgan fingerprint density at radius 1 is 1.00 bits per heavy atom. The molecule has 1 amide bonds. The van der Waals surface area contributed by atoms with Crippen LogP contribution in [-0.2, 0) is 20.1 Å². The number of para-hydroxylation sites is 1. The fraction of sp³-hybridized carbons (Fsp3) is 0.448. The van der Waals surface area contributed by atoms with Crippen molar-refractivity contribution in [2.45, 2.75) is 51.6 Å². The van der Waals surface area contributed by atoms with Crippen LogP contribution in [0.4, 0.5) is 0 Å². The highest BCUT2D eigenvalue weighted by Crippen LogP contribution is 2.39. The predicted octanol–water partition coefficient (Wildman–Crippen LogP) is 5.34. The summed E-state index contributed by atoms with van der Waals surface area (Å²) in [5.74, 6) is 3.02. The number of nitrogens with zero attached hydrogens (tertiary/aromatic N) is 3. The lowest BCUT2D eigenvalue weighted by Crippen LogP contribution is -2.32. The Labute approximate surface area is 219 Å². The van der Waals surface area contributed by atoms with Gasteiger partial charge in [0.25, 0.3) is 5.91 Å². The van der Waals surface area contributed by atoms with Crippen LogP contribution in [0.1, 0.15) is 65.8 Å². The monoisotopic (exact) mass is 507 g/mol. The van der Waals surface area contributed by atoms with E-state index in [2.05, 4.69) is 12.0 Å². The molecule has 0 spiro atoms. The van der Waals surface area contributed by atoms with E-state index in [1.165, 1.54) is 0 Å². The fourth-order valence-electron chi connectivity index (χ4n) is 4.38. The molecule has 1 fully saturated rings. The molecule has 8 heteroatoms. The summed E-state index contributed by atoms with van der Waals surface area (Å²) in [4.78, 5) is 15.8. The van der Waals surface area contributed by atoms with Gasteiger partial charge in [-0.15, -0.1) is 0 Å². The SMILES string of the molecule is CCCCOc1cccc(CN(Cc2ccc(OC)cc2OC)C(=O)c2cc(C3CC3)nn2C)c1OC. The Hall–Kier alpha value is -3.68. The van der Waals surface area contributed by atoms with Crippen LogP contribution >= 0.6 is 0 Å². The van der Waals surface area contributed by atoms with Gasteiger partial charge in [0, 0.05) is 30.2 Å². The van der Waals surface area contributed by atoms with Gasteiger partial charge in [0.05, 0.1) is 46.7 Å². The highest BCUT2D eigenvalue weighted by molar-refractivity contribution is 5.92. The highest BCUT2D eigenvalue weighted by Gasteiger charge is 2.30. The summed E-state index contributed by atoms with van der Waals surface area (Å²) in [5.41, 5.74) is 3.28. The number of hydrogen-bond acceptors (Lipinski definition) is 6. The molecule has 0 unspecified atom stereocenters. The zero-order valence-electron chi connectivity index (χ0n) is 22.5. The summed E-state index contributed by atoms with van der Waals surface area (Å²) in [7, 11) is 6.70. The maximum absolute atomic E-state index is 14.0. The van der Waals surface area contributed by atoms with Crippen molar-refractivity contribution < 1.29 is 23.7 Å². The largest absolute Gasteiger partial charge is 0.497 e. The molecule has 2 aromatic carbocycles. The topological polar surface area (TPSA) is 75.0 Å². The molecule has 4 rings (SSSR count). The van der Waals surface area contributed by atoms with Crippen LogP contribution in [-0.4, -0.2) is 48.5 Å². The number of unbranched alkanes of at least 4 members (excludes halogenated alkanes) is 1. The summed E-state index contributed by atoms with van der Waals surface area (Å²) in [6.45, 7) is 3.40. The van der Waals surface area contributed by atoms with Crippen LogP contribution in [0.15, 0.2) is 42.5 Å². The van der Waals surface area contributed by atoms with E-state index in [0.717, 1.165) is 42.5 Å². The molecule has 1 aromatic heterocycles. The Balaban J connectivity index is 1.68. The Morgan fingerprint density at radius 3 is 2.46 bits per heavy atom. The number of carbonyl (C=O) groups is 1. The van der Waals surface area contributed by atoms with Gasteiger partial charge in [-0.3, -0.25) is 9.48 Å². The first kappa shape index (κ1) is 26.4. The van der Waals surface area contributed by atoms with Crippen molar-refractivity contribution in [2.75, 3.05) is 27.9 Å². The lowest BCUT2D eigenvalue weighted by molar-refractivity contribution is 0.0716. The van der Waals surface area contributed by atoms with Crippen LogP contribution in [0.3, 0.4) is 0 Å². The summed E-state index contributed by atoms with van der Waals surface area (Å²) in [6, 6.07) is 13.4. The molecule has 1 aliphatic rings. The van der Waals surface area contributed by atoms with Gasteiger partial charge in [-0.05, 0) is 43.5 Å². The van der Waals surface area contributed by atoms with Crippen molar-refractivity contribution in [2.24, 2.45) is 7.05 Å². The molecule has 8 nitrogen and oxygen atoms in total.